The Hall–Kier alpha value is -0.0800. The molecule has 0 aromatic heterocycles. The summed E-state index contributed by atoms with van der Waals surface area (Å²) in [7, 11) is 1.68. The molecule has 1 rings (SSSR count). The Morgan fingerprint density at radius 2 is 2.22 bits per heavy atom. The topological polar surface area (TPSA) is 21.3 Å². The summed E-state index contributed by atoms with van der Waals surface area (Å²) in [5.41, 5.74) is 2.97. The second-order valence-electron chi connectivity index (χ2n) is 2.94. The zero-order valence-corrected chi connectivity index (χ0v) is 6.18. The maximum Gasteiger partial charge on any atom is 0.0572 e. The summed E-state index contributed by atoms with van der Waals surface area (Å²) in [6.45, 7) is 2.29. The van der Waals surface area contributed by atoms with E-state index in [1.807, 2.05) is 0 Å². The number of nitrogens with one attached hydrogen (secondary N) is 1. The highest BCUT2D eigenvalue weighted by Crippen LogP contribution is 2.24. The van der Waals surface area contributed by atoms with Gasteiger partial charge in [0.2, 0.25) is 0 Å². The van der Waals surface area contributed by atoms with E-state index in [1.165, 1.54) is 19.3 Å². The van der Waals surface area contributed by atoms with Crippen LogP contribution in [0, 0.1) is 5.92 Å². The molecule has 1 aliphatic rings. The third kappa shape index (κ3) is 1.95. The van der Waals surface area contributed by atoms with Gasteiger partial charge < -0.3 is 4.84 Å². The fourth-order valence-electron chi connectivity index (χ4n) is 1.48. The molecule has 0 bridgehead atoms. The summed E-state index contributed by atoms with van der Waals surface area (Å²) < 4.78 is 0. The molecule has 1 aliphatic carbocycles. The minimum Gasteiger partial charge on any atom is -0.305 e. The highest BCUT2D eigenvalue weighted by atomic mass is 16.6. The van der Waals surface area contributed by atoms with E-state index in [0.29, 0.717) is 6.04 Å². The van der Waals surface area contributed by atoms with Crippen molar-refractivity contribution in [2.24, 2.45) is 5.92 Å². The van der Waals surface area contributed by atoms with Crippen molar-refractivity contribution in [2.75, 3.05) is 7.11 Å². The van der Waals surface area contributed by atoms with Crippen LogP contribution in [0.5, 0.6) is 0 Å². The van der Waals surface area contributed by atoms with Crippen molar-refractivity contribution < 1.29 is 4.84 Å². The summed E-state index contributed by atoms with van der Waals surface area (Å²) in [5.74, 6) is 0.887. The number of hydrogen-bond acceptors (Lipinski definition) is 2. The summed E-state index contributed by atoms with van der Waals surface area (Å²) in [4.78, 5) is 4.82. The van der Waals surface area contributed by atoms with Gasteiger partial charge in [-0.15, -0.1) is 0 Å². The van der Waals surface area contributed by atoms with Crippen LogP contribution in [0.25, 0.3) is 0 Å². The normalized spacial score (nSPS) is 35.3. The van der Waals surface area contributed by atoms with E-state index >= 15 is 0 Å². The Morgan fingerprint density at radius 3 is 2.67 bits per heavy atom. The van der Waals surface area contributed by atoms with E-state index in [-0.39, 0.29) is 0 Å². The van der Waals surface area contributed by atoms with E-state index < -0.39 is 0 Å². The maximum atomic E-state index is 4.82. The van der Waals surface area contributed by atoms with Crippen LogP contribution in [0.3, 0.4) is 0 Å². The molecular formula is C7H15NO. The van der Waals surface area contributed by atoms with Crippen molar-refractivity contribution in [3.05, 3.63) is 0 Å². The van der Waals surface area contributed by atoms with E-state index in [1.54, 1.807) is 7.11 Å². The number of rotatable bonds is 2. The Morgan fingerprint density at radius 1 is 1.44 bits per heavy atom. The molecule has 2 nitrogen and oxygen atoms in total. The first-order chi connectivity index (χ1) is 4.33. The van der Waals surface area contributed by atoms with Crippen LogP contribution in [0.2, 0.25) is 0 Å². The van der Waals surface area contributed by atoms with Gasteiger partial charge >= 0.3 is 0 Å². The molecule has 0 aliphatic heterocycles. The first-order valence-electron chi connectivity index (χ1n) is 3.61. The first kappa shape index (κ1) is 7.03. The molecule has 9 heavy (non-hydrogen) atoms. The van der Waals surface area contributed by atoms with Crippen molar-refractivity contribution >= 4 is 0 Å². The molecule has 54 valence electrons. The number of hydroxylamine groups is 1. The molecule has 2 atom stereocenters. The quantitative estimate of drug-likeness (QED) is 0.568. The standard InChI is InChI=1S/C7H15NO/c1-6-3-4-7(5-6)8-9-2/h6-8H,3-5H2,1-2H3. The molecule has 1 saturated carbocycles. The lowest BCUT2D eigenvalue weighted by molar-refractivity contribution is 0.0618. The SMILES string of the molecule is CONC1CCC(C)C1. The van der Waals surface area contributed by atoms with Gasteiger partial charge in [0.1, 0.15) is 0 Å². The fraction of sp³-hybridized carbons (Fsp3) is 1.00. The molecule has 0 heterocycles. The second kappa shape index (κ2) is 3.18. The Balaban J connectivity index is 2.14. The fourth-order valence-corrected chi connectivity index (χ4v) is 1.48. The monoisotopic (exact) mass is 129 g/mol. The molecular weight excluding hydrogens is 114 g/mol. The van der Waals surface area contributed by atoms with E-state index in [2.05, 4.69) is 12.4 Å². The summed E-state index contributed by atoms with van der Waals surface area (Å²) in [6, 6.07) is 0.616. The van der Waals surface area contributed by atoms with Gasteiger partial charge in [-0.1, -0.05) is 6.92 Å². The summed E-state index contributed by atoms with van der Waals surface area (Å²) in [6.07, 6.45) is 3.89. The van der Waals surface area contributed by atoms with Crippen LogP contribution in [0.1, 0.15) is 26.2 Å². The molecule has 0 spiro atoms. The van der Waals surface area contributed by atoms with Gasteiger partial charge in [-0.05, 0) is 25.2 Å². The minimum absolute atomic E-state index is 0.616. The highest BCUT2D eigenvalue weighted by Gasteiger charge is 2.20. The lowest BCUT2D eigenvalue weighted by atomic mass is 10.1. The van der Waals surface area contributed by atoms with Gasteiger partial charge in [-0.2, -0.15) is 5.48 Å². The van der Waals surface area contributed by atoms with Crippen LogP contribution in [0.15, 0.2) is 0 Å². The van der Waals surface area contributed by atoms with Gasteiger partial charge in [0.15, 0.2) is 0 Å². The second-order valence-corrected chi connectivity index (χ2v) is 2.94. The molecule has 2 unspecified atom stereocenters. The predicted molar refractivity (Wildman–Crippen MR) is 36.9 cm³/mol. The van der Waals surface area contributed by atoms with Crippen LogP contribution in [-0.2, 0) is 4.84 Å². The summed E-state index contributed by atoms with van der Waals surface area (Å²) in [5, 5.41) is 0. The average Bonchev–Trinajstić information content (AvgIpc) is 2.17. The van der Waals surface area contributed by atoms with Crippen molar-refractivity contribution in [1.82, 2.24) is 5.48 Å². The average molecular weight is 129 g/mol. The summed E-state index contributed by atoms with van der Waals surface area (Å²) >= 11 is 0. The zero-order valence-electron chi connectivity index (χ0n) is 6.18. The molecule has 2 heteroatoms. The molecule has 0 amide bonds. The van der Waals surface area contributed by atoms with Crippen molar-refractivity contribution in [2.45, 2.75) is 32.2 Å². The van der Waals surface area contributed by atoms with Gasteiger partial charge in [0, 0.05) is 6.04 Å². The molecule has 0 aromatic carbocycles. The van der Waals surface area contributed by atoms with Crippen LogP contribution in [-0.4, -0.2) is 13.2 Å². The minimum atomic E-state index is 0.616. The molecule has 1 N–H and O–H groups in total. The first-order valence-corrected chi connectivity index (χ1v) is 3.61. The lowest BCUT2D eigenvalue weighted by Gasteiger charge is -2.08. The van der Waals surface area contributed by atoms with Gasteiger partial charge in [-0.25, -0.2) is 0 Å². The Kier molecular flexibility index (Phi) is 2.49. The number of hydrogen-bond donors (Lipinski definition) is 1. The maximum absolute atomic E-state index is 4.82. The van der Waals surface area contributed by atoms with Crippen molar-refractivity contribution in [1.29, 1.82) is 0 Å². The molecule has 0 saturated heterocycles. The van der Waals surface area contributed by atoms with Crippen LogP contribution >= 0.6 is 0 Å². The smallest absolute Gasteiger partial charge is 0.0572 e. The van der Waals surface area contributed by atoms with E-state index in [0.717, 1.165) is 5.92 Å². The Labute approximate surface area is 56.5 Å². The predicted octanol–water partition coefficient (Wildman–Crippen LogP) is 1.33. The van der Waals surface area contributed by atoms with Gasteiger partial charge in [0.25, 0.3) is 0 Å². The third-order valence-corrected chi connectivity index (χ3v) is 1.98. The largest absolute Gasteiger partial charge is 0.305 e. The van der Waals surface area contributed by atoms with Crippen LogP contribution < -0.4 is 5.48 Å². The van der Waals surface area contributed by atoms with Crippen molar-refractivity contribution in [3.8, 4) is 0 Å². The van der Waals surface area contributed by atoms with E-state index in [4.69, 9.17) is 4.84 Å². The molecule has 1 fully saturated rings. The molecule has 0 aromatic rings. The van der Waals surface area contributed by atoms with Gasteiger partial charge in [-0.3, -0.25) is 0 Å². The Bertz CT molecular complexity index is 83.0. The van der Waals surface area contributed by atoms with E-state index in [9.17, 15) is 0 Å². The van der Waals surface area contributed by atoms with Gasteiger partial charge in [0.05, 0.1) is 7.11 Å². The highest BCUT2D eigenvalue weighted by molar-refractivity contribution is 4.75. The van der Waals surface area contributed by atoms with Crippen LogP contribution in [0.4, 0.5) is 0 Å². The molecule has 0 radical (unpaired) electrons. The van der Waals surface area contributed by atoms with Crippen molar-refractivity contribution in [3.63, 3.8) is 0 Å². The third-order valence-electron chi connectivity index (χ3n) is 1.98. The zero-order chi connectivity index (χ0) is 6.69. The lowest BCUT2D eigenvalue weighted by Crippen LogP contribution is -2.24.